The first-order valence-corrected chi connectivity index (χ1v) is 8.13. The minimum atomic E-state index is -0.216. The summed E-state index contributed by atoms with van der Waals surface area (Å²) in [4.78, 5) is 11.0. The van der Waals surface area contributed by atoms with Crippen LogP contribution in [0.3, 0.4) is 0 Å². The summed E-state index contributed by atoms with van der Waals surface area (Å²) in [6, 6.07) is 17.7. The van der Waals surface area contributed by atoms with Crippen LogP contribution in [-0.4, -0.2) is 21.9 Å². The van der Waals surface area contributed by atoms with Crippen molar-refractivity contribution >= 4 is 28.1 Å². The average Bonchev–Trinajstić information content (AvgIpc) is 3.00. The molecule has 6 heteroatoms. The molecule has 0 bridgehead atoms. The highest BCUT2D eigenvalue weighted by molar-refractivity contribution is 9.10. The number of rotatable bonds is 4. The summed E-state index contributed by atoms with van der Waals surface area (Å²) in [6.07, 6.45) is 3.49. The summed E-state index contributed by atoms with van der Waals surface area (Å²) in [5.74, 6) is -0.216. The Hall–Kier alpha value is -2.73. The van der Waals surface area contributed by atoms with Crippen molar-refractivity contribution in [2.75, 3.05) is 0 Å². The number of nitrogens with one attached hydrogen (secondary N) is 1. The molecule has 0 saturated heterocycles. The van der Waals surface area contributed by atoms with Gasteiger partial charge in [-0.3, -0.25) is 4.79 Å². The van der Waals surface area contributed by atoms with E-state index in [2.05, 4.69) is 31.6 Å². The number of halogens is 1. The summed E-state index contributed by atoms with van der Waals surface area (Å²) < 4.78 is 2.80. The highest BCUT2D eigenvalue weighted by atomic mass is 79.9. The quantitative estimate of drug-likeness (QED) is 0.551. The molecule has 2 aromatic carbocycles. The van der Waals surface area contributed by atoms with E-state index in [4.69, 9.17) is 0 Å². The standard InChI is InChI=1S/C18H15BrN4O/c1-13(24)21-20-11-15-12-23(17-5-3-2-4-6-17)22-18(15)14-7-9-16(19)10-8-14/h2-12H,1H3,(H,21,24)/b20-11+. The van der Waals surface area contributed by atoms with Gasteiger partial charge in [0.05, 0.1) is 11.9 Å². The van der Waals surface area contributed by atoms with E-state index in [1.165, 1.54) is 6.92 Å². The second kappa shape index (κ2) is 7.23. The maximum atomic E-state index is 11.0. The molecule has 0 fully saturated rings. The average molecular weight is 383 g/mol. The first-order chi connectivity index (χ1) is 11.6. The topological polar surface area (TPSA) is 59.3 Å². The molecule has 0 saturated carbocycles. The Labute approximate surface area is 148 Å². The molecule has 0 atom stereocenters. The zero-order valence-corrected chi connectivity index (χ0v) is 14.6. The molecule has 1 heterocycles. The number of nitrogens with zero attached hydrogens (tertiary/aromatic N) is 3. The molecule has 3 rings (SSSR count). The lowest BCUT2D eigenvalue weighted by Crippen LogP contribution is -2.12. The Morgan fingerprint density at radius 2 is 1.88 bits per heavy atom. The van der Waals surface area contributed by atoms with Crippen molar-refractivity contribution < 1.29 is 4.79 Å². The molecule has 24 heavy (non-hydrogen) atoms. The van der Waals surface area contributed by atoms with Gasteiger partial charge in [0, 0.05) is 28.7 Å². The largest absolute Gasteiger partial charge is 0.274 e. The SMILES string of the molecule is CC(=O)N/N=C/c1cn(-c2ccccc2)nc1-c1ccc(Br)cc1. The van der Waals surface area contributed by atoms with Crippen molar-refractivity contribution in [2.24, 2.45) is 5.10 Å². The van der Waals surface area contributed by atoms with E-state index in [1.54, 1.807) is 10.9 Å². The van der Waals surface area contributed by atoms with Crippen LogP contribution in [0.4, 0.5) is 0 Å². The molecule has 0 spiro atoms. The van der Waals surface area contributed by atoms with Crippen molar-refractivity contribution in [1.29, 1.82) is 0 Å². The van der Waals surface area contributed by atoms with Crippen LogP contribution in [0.25, 0.3) is 16.9 Å². The van der Waals surface area contributed by atoms with Gasteiger partial charge >= 0.3 is 0 Å². The molecule has 0 aliphatic carbocycles. The third kappa shape index (κ3) is 3.78. The summed E-state index contributed by atoms with van der Waals surface area (Å²) in [5, 5.41) is 8.64. The molecular formula is C18H15BrN4O. The molecule has 0 aliphatic heterocycles. The van der Waals surface area contributed by atoms with Gasteiger partial charge in [-0.25, -0.2) is 10.1 Å². The predicted molar refractivity (Wildman–Crippen MR) is 98.1 cm³/mol. The Morgan fingerprint density at radius 1 is 1.17 bits per heavy atom. The van der Waals surface area contributed by atoms with Gasteiger partial charge in [-0.2, -0.15) is 10.2 Å². The molecule has 0 unspecified atom stereocenters. The van der Waals surface area contributed by atoms with Gasteiger partial charge in [-0.05, 0) is 24.3 Å². The van der Waals surface area contributed by atoms with Crippen LogP contribution >= 0.6 is 15.9 Å². The number of hydrogen-bond donors (Lipinski definition) is 1. The van der Waals surface area contributed by atoms with Crippen LogP contribution in [0.15, 0.2) is 70.4 Å². The van der Waals surface area contributed by atoms with E-state index >= 15 is 0 Å². The zero-order chi connectivity index (χ0) is 16.9. The third-order valence-electron chi connectivity index (χ3n) is 3.31. The summed E-state index contributed by atoms with van der Waals surface area (Å²) in [5.41, 5.74) is 5.95. The van der Waals surface area contributed by atoms with Crippen molar-refractivity contribution in [2.45, 2.75) is 6.92 Å². The van der Waals surface area contributed by atoms with E-state index in [-0.39, 0.29) is 5.91 Å². The monoisotopic (exact) mass is 382 g/mol. The molecular weight excluding hydrogens is 368 g/mol. The van der Waals surface area contributed by atoms with Gasteiger partial charge in [0.1, 0.15) is 5.69 Å². The normalized spacial score (nSPS) is 10.9. The van der Waals surface area contributed by atoms with Crippen molar-refractivity contribution in [1.82, 2.24) is 15.2 Å². The van der Waals surface area contributed by atoms with Gasteiger partial charge in [0.15, 0.2) is 0 Å². The first kappa shape index (κ1) is 16.1. The Balaban J connectivity index is 2.04. The number of aromatic nitrogens is 2. The van der Waals surface area contributed by atoms with Gasteiger partial charge in [0.25, 0.3) is 0 Å². The first-order valence-electron chi connectivity index (χ1n) is 7.34. The molecule has 1 N–H and O–H groups in total. The maximum absolute atomic E-state index is 11.0. The second-order valence-corrected chi connectivity index (χ2v) is 6.06. The lowest BCUT2D eigenvalue weighted by molar-refractivity contribution is -0.118. The lowest BCUT2D eigenvalue weighted by atomic mass is 10.1. The van der Waals surface area contributed by atoms with Crippen molar-refractivity contribution in [3.63, 3.8) is 0 Å². The van der Waals surface area contributed by atoms with E-state index in [1.807, 2.05) is 60.8 Å². The molecule has 3 aromatic rings. The number of carbonyl (C=O) groups is 1. The van der Waals surface area contributed by atoms with Gasteiger partial charge in [-0.1, -0.05) is 46.3 Å². The van der Waals surface area contributed by atoms with Gasteiger partial charge < -0.3 is 0 Å². The number of hydrogen-bond acceptors (Lipinski definition) is 3. The molecule has 5 nitrogen and oxygen atoms in total. The number of benzene rings is 2. The van der Waals surface area contributed by atoms with Crippen LogP contribution in [0.5, 0.6) is 0 Å². The van der Waals surface area contributed by atoms with Crippen LogP contribution < -0.4 is 5.43 Å². The maximum Gasteiger partial charge on any atom is 0.236 e. The minimum Gasteiger partial charge on any atom is -0.274 e. The highest BCUT2D eigenvalue weighted by Crippen LogP contribution is 2.24. The van der Waals surface area contributed by atoms with E-state index in [0.717, 1.165) is 27.0 Å². The molecule has 1 aromatic heterocycles. The number of amides is 1. The Kier molecular flexibility index (Phi) is 4.86. The summed E-state index contributed by atoms with van der Waals surface area (Å²) >= 11 is 3.44. The Morgan fingerprint density at radius 3 is 2.54 bits per heavy atom. The van der Waals surface area contributed by atoms with Crippen molar-refractivity contribution in [3.8, 4) is 16.9 Å². The lowest BCUT2D eigenvalue weighted by Gasteiger charge is -2.00. The highest BCUT2D eigenvalue weighted by Gasteiger charge is 2.11. The van der Waals surface area contributed by atoms with Gasteiger partial charge in [0.2, 0.25) is 5.91 Å². The fourth-order valence-electron chi connectivity index (χ4n) is 2.22. The molecule has 1 amide bonds. The molecule has 0 radical (unpaired) electrons. The van der Waals surface area contributed by atoms with Crippen LogP contribution in [0.1, 0.15) is 12.5 Å². The number of carbonyl (C=O) groups excluding carboxylic acids is 1. The number of para-hydroxylation sites is 1. The van der Waals surface area contributed by atoms with Crippen molar-refractivity contribution in [3.05, 3.63) is 70.8 Å². The summed E-state index contributed by atoms with van der Waals surface area (Å²) in [7, 11) is 0. The number of hydrazone groups is 1. The fraction of sp³-hybridized carbons (Fsp3) is 0.0556. The van der Waals surface area contributed by atoms with Crippen LogP contribution in [0.2, 0.25) is 0 Å². The van der Waals surface area contributed by atoms with Crippen LogP contribution in [0, 0.1) is 0 Å². The van der Waals surface area contributed by atoms with E-state index in [9.17, 15) is 4.79 Å². The summed E-state index contributed by atoms with van der Waals surface area (Å²) in [6.45, 7) is 1.42. The fourth-order valence-corrected chi connectivity index (χ4v) is 2.48. The van der Waals surface area contributed by atoms with Gasteiger partial charge in [-0.15, -0.1) is 0 Å². The Bertz CT molecular complexity index is 870. The molecule has 0 aliphatic rings. The smallest absolute Gasteiger partial charge is 0.236 e. The minimum absolute atomic E-state index is 0.216. The molecule has 120 valence electrons. The third-order valence-corrected chi connectivity index (χ3v) is 3.84. The second-order valence-electron chi connectivity index (χ2n) is 5.15. The predicted octanol–water partition coefficient (Wildman–Crippen LogP) is 3.77. The van der Waals surface area contributed by atoms with Crippen LogP contribution in [-0.2, 0) is 4.79 Å². The van der Waals surface area contributed by atoms with E-state index < -0.39 is 0 Å². The zero-order valence-electron chi connectivity index (χ0n) is 13.0. The van der Waals surface area contributed by atoms with E-state index in [0.29, 0.717) is 0 Å².